The summed E-state index contributed by atoms with van der Waals surface area (Å²) in [4.78, 5) is 37.3. The molecule has 0 saturated carbocycles. The minimum absolute atomic E-state index is 0.00554. The summed E-state index contributed by atoms with van der Waals surface area (Å²) < 4.78 is 6.78. The Kier molecular flexibility index (Phi) is 5.29. The molecule has 0 atom stereocenters. The summed E-state index contributed by atoms with van der Waals surface area (Å²) in [5.41, 5.74) is 4.47. The Hall–Kier alpha value is -3.58. The maximum Gasteiger partial charge on any atom is 0.325 e. The average Bonchev–Trinajstić information content (AvgIpc) is 3.21. The van der Waals surface area contributed by atoms with E-state index in [4.69, 9.17) is 16.3 Å². The van der Waals surface area contributed by atoms with E-state index < -0.39 is 11.8 Å². The van der Waals surface area contributed by atoms with Crippen LogP contribution in [0.5, 0.6) is 0 Å². The molecule has 1 N–H and O–H groups in total. The zero-order valence-corrected chi connectivity index (χ0v) is 16.8. The highest BCUT2D eigenvalue weighted by molar-refractivity contribution is 6.33. The molecule has 0 spiro atoms. The van der Waals surface area contributed by atoms with Crippen molar-refractivity contribution < 1.29 is 19.1 Å². The van der Waals surface area contributed by atoms with E-state index in [1.54, 1.807) is 42.0 Å². The molecule has 2 amide bonds. The molecule has 7 nitrogen and oxygen atoms in total. The number of anilines is 1. The highest BCUT2D eigenvalue weighted by Gasteiger charge is 2.34. The number of nitrogens with zero attached hydrogens (tertiary/aromatic N) is 2. The number of hydrogen-bond donors (Lipinski definition) is 1. The third-order valence-corrected chi connectivity index (χ3v) is 4.92. The summed E-state index contributed by atoms with van der Waals surface area (Å²) in [6.07, 6.45) is 3.27. The number of hydrazine groups is 1. The summed E-state index contributed by atoms with van der Waals surface area (Å²) in [6.45, 7) is 2.08. The molecule has 0 bridgehead atoms. The molecule has 3 aromatic rings. The van der Waals surface area contributed by atoms with Crippen LogP contribution < -0.4 is 10.4 Å². The lowest BCUT2D eigenvalue weighted by atomic mass is 10.1. The van der Waals surface area contributed by atoms with Gasteiger partial charge in [-0.15, -0.1) is 0 Å². The van der Waals surface area contributed by atoms with Gasteiger partial charge in [0.25, 0.3) is 11.8 Å². The van der Waals surface area contributed by atoms with Gasteiger partial charge < -0.3 is 9.30 Å². The predicted molar refractivity (Wildman–Crippen MR) is 114 cm³/mol. The molecule has 2 heterocycles. The number of carbonyl (C=O) groups excluding carboxylic acids is 3. The Morgan fingerprint density at radius 3 is 2.73 bits per heavy atom. The molecule has 1 fully saturated rings. The molecule has 1 aromatic heterocycles. The summed E-state index contributed by atoms with van der Waals surface area (Å²) in [7, 11) is 0. The number of rotatable bonds is 5. The van der Waals surface area contributed by atoms with E-state index >= 15 is 0 Å². The molecule has 1 aliphatic heterocycles. The maximum atomic E-state index is 12.9. The van der Waals surface area contributed by atoms with Gasteiger partial charge in [-0.2, -0.15) is 0 Å². The van der Waals surface area contributed by atoms with Gasteiger partial charge in [-0.1, -0.05) is 35.9 Å². The molecule has 152 valence electrons. The van der Waals surface area contributed by atoms with Crippen molar-refractivity contribution in [2.75, 3.05) is 11.6 Å². The molecular formula is C22H18ClN3O4. The first kappa shape index (κ1) is 19.7. The largest absolute Gasteiger partial charge is 0.465 e. The van der Waals surface area contributed by atoms with Crippen molar-refractivity contribution in [3.63, 3.8) is 0 Å². The Balaban J connectivity index is 1.71. The third-order valence-electron chi connectivity index (χ3n) is 4.68. The molecular weight excluding hydrogens is 406 g/mol. The Labute approximate surface area is 177 Å². The highest BCUT2D eigenvalue weighted by Crippen LogP contribution is 2.27. The van der Waals surface area contributed by atoms with Crippen LogP contribution in [0.4, 0.5) is 5.69 Å². The van der Waals surface area contributed by atoms with E-state index in [1.165, 1.54) is 6.08 Å². The summed E-state index contributed by atoms with van der Waals surface area (Å²) >= 11 is 6.00. The van der Waals surface area contributed by atoms with Crippen LogP contribution in [0.3, 0.4) is 0 Å². The summed E-state index contributed by atoms with van der Waals surface area (Å²) in [5, 5.41) is 2.43. The van der Waals surface area contributed by atoms with Gasteiger partial charge in [0.15, 0.2) is 0 Å². The Bertz CT molecular complexity index is 1200. The van der Waals surface area contributed by atoms with Crippen LogP contribution in [0.2, 0.25) is 5.02 Å². The first-order valence-corrected chi connectivity index (χ1v) is 9.72. The van der Waals surface area contributed by atoms with Crippen molar-refractivity contribution in [1.82, 2.24) is 9.99 Å². The van der Waals surface area contributed by atoms with Crippen LogP contribution >= 0.6 is 11.6 Å². The Morgan fingerprint density at radius 1 is 1.17 bits per heavy atom. The topological polar surface area (TPSA) is 80.6 Å². The van der Waals surface area contributed by atoms with E-state index in [9.17, 15) is 14.4 Å². The van der Waals surface area contributed by atoms with Crippen molar-refractivity contribution in [3.05, 3.63) is 70.9 Å². The fraction of sp³-hybridized carbons (Fsp3) is 0.136. The zero-order chi connectivity index (χ0) is 21.3. The van der Waals surface area contributed by atoms with Crippen molar-refractivity contribution in [2.45, 2.75) is 13.5 Å². The van der Waals surface area contributed by atoms with Gasteiger partial charge in [-0.3, -0.25) is 19.8 Å². The SMILES string of the molecule is CCOC(=O)Cn1cc(C=C2C(=O)NN(c3cccc(Cl)c3)C2=O)c2ccccc21. The minimum atomic E-state index is -0.512. The van der Waals surface area contributed by atoms with Gasteiger partial charge in [0, 0.05) is 27.7 Å². The van der Waals surface area contributed by atoms with Gasteiger partial charge in [0.2, 0.25) is 0 Å². The van der Waals surface area contributed by atoms with E-state index in [0.717, 1.165) is 15.9 Å². The Morgan fingerprint density at radius 2 is 1.97 bits per heavy atom. The van der Waals surface area contributed by atoms with Gasteiger partial charge in [-0.25, -0.2) is 5.01 Å². The number of aromatic nitrogens is 1. The maximum absolute atomic E-state index is 12.9. The van der Waals surface area contributed by atoms with Gasteiger partial charge >= 0.3 is 5.97 Å². The van der Waals surface area contributed by atoms with Crippen molar-refractivity contribution in [1.29, 1.82) is 0 Å². The second-order valence-electron chi connectivity index (χ2n) is 6.65. The molecule has 2 aromatic carbocycles. The van der Waals surface area contributed by atoms with Gasteiger partial charge in [0.1, 0.15) is 12.1 Å². The number of fused-ring (bicyclic) bond motifs is 1. The lowest BCUT2D eigenvalue weighted by Gasteiger charge is -2.14. The quantitative estimate of drug-likeness (QED) is 0.388. The van der Waals surface area contributed by atoms with Crippen LogP contribution in [0.25, 0.3) is 17.0 Å². The van der Waals surface area contributed by atoms with E-state index in [0.29, 0.717) is 22.9 Å². The summed E-state index contributed by atoms with van der Waals surface area (Å²) in [6, 6.07) is 14.1. The second-order valence-corrected chi connectivity index (χ2v) is 7.09. The molecule has 4 rings (SSSR count). The molecule has 1 saturated heterocycles. The van der Waals surface area contributed by atoms with E-state index in [1.807, 2.05) is 24.3 Å². The fourth-order valence-corrected chi connectivity index (χ4v) is 3.56. The van der Waals surface area contributed by atoms with Crippen LogP contribution in [-0.2, 0) is 25.7 Å². The molecule has 0 unspecified atom stereocenters. The first-order valence-electron chi connectivity index (χ1n) is 9.34. The van der Waals surface area contributed by atoms with Crippen LogP contribution in [-0.4, -0.2) is 29.0 Å². The lowest BCUT2D eigenvalue weighted by Crippen LogP contribution is -2.35. The zero-order valence-electron chi connectivity index (χ0n) is 16.1. The summed E-state index contributed by atoms with van der Waals surface area (Å²) in [5.74, 6) is -1.36. The highest BCUT2D eigenvalue weighted by atomic mass is 35.5. The number of benzene rings is 2. The van der Waals surface area contributed by atoms with E-state index in [2.05, 4.69) is 5.43 Å². The number of nitrogens with one attached hydrogen (secondary N) is 1. The van der Waals surface area contributed by atoms with Crippen molar-refractivity contribution in [3.8, 4) is 0 Å². The number of para-hydroxylation sites is 1. The predicted octanol–water partition coefficient (Wildman–Crippen LogP) is 3.32. The number of carbonyl (C=O) groups is 3. The van der Waals surface area contributed by atoms with Crippen LogP contribution in [0.15, 0.2) is 60.3 Å². The number of esters is 1. The van der Waals surface area contributed by atoms with Crippen LogP contribution in [0, 0.1) is 0 Å². The molecule has 1 aliphatic rings. The normalized spacial score (nSPS) is 15.1. The number of ether oxygens (including phenoxy) is 1. The van der Waals surface area contributed by atoms with Gasteiger partial charge in [0.05, 0.1) is 12.3 Å². The molecule has 8 heteroatoms. The lowest BCUT2D eigenvalue weighted by molar-refractivity contribution is -0.143. The standard InChI is InChI=1S/C22H18ClN3O4/c1-2-30-20(27)13-25-12-14(17-8-3-4-9-19(17)25)10-18-21(28)24-26(22(18)29)16-7-5-6-15(23)11-16/h3-12H,2,13H2,1H3,(H,24,28). The second kappa shape index (κ2) is 8.04. The number of halogens is 1. The molecule has 30 heavy (non-hydrogen) atoms. The number of amides is 2. The fourth-order valence-electron chi connectivity index (χ4n) is 3.38. The van der Waals surface area contributed by atoms with Crippen LogP contribution in [0.1, 0.15) is 12.5 Å². The third kappa shape index (κ3) is 3.67. The average molecular weight is 424 g/mol. The van der Waals surface area contributed by atoms with Gasteiger partial charge in [-0.05, 0) is 37.3 Å². The van der Waals surface area contributed by atoms with E-state index in [-0.39, 0.29) is 18.1 Å². The molecule has 0 aliphatic carbocycles. The van der Waals surface area contributed by atoms with Crippen molar-refractivity contribution >= 4 is 52.1 Å². The molecule has 0 radical (unpaired) electrons. The minimum Gasteiger partial charge on any atom is -0.465 e. The monoisotopic (exact) mass is 423 g/mol. The smallest absolute Gasteiger partial charge is 0.325 e. The first-order chi connectivity index (χ1) is 14.5. The van der Waals surface area contributed by atoms with Crippen molar-refractivity contribution in [2.24, 2.45) is 0 Å². The number of hydrogen-bond acceptors (Lipinski definition) is 4.